The number of anilines is 2. The van der Waals surface area contributed by atoms with E-state index in [-0.39, 0.29) is 35.3 Å². The number of imide groups is 1. The maximum absolute atomic E-state index is 14.4. The maximum Gasteiger partial charge on any atom is 0.272 e. The van der Waals surface area contributed by atoms with Crippen LogP contribution in [0.2, 0.25) is 0 Å². The lowest BCUT2D eigenvalue weighted by atomic mass is 10.1. The zero-order valence-electron chi connectivity index (χ0n) is 23.5. The molecule has 0 saturated carbocycles. The van der Waals surface area contributed by atoms with Crippen LogP contribution in [0.1, 0.15) is 39.6 Å². The van der Waals surface area contributed by atoms with Crippen molar-refractivity contribution in [1.82, 2.24) is 5.32 Å². The van der Waals surface area contributed by atoms with Gasteiger partial charge in [-0.25, -0.2) is 9.29 Å². The summed E-state index contributed by atoms with van der Waals surface area (Å²) < 4.78 is 14.4. The van der Waals surface area contributed by atoms with E-state index in [2.05, 4.69) is 10.6 Å². The molecule has 1 atom stereocenters. The Morgan fingerprint density at radius 3 is 2.16 bits per heavy atom. The van der Waals surface area contributed by atoms with E-state index in [0.29, 0.717) is 27.4 Å². The molecule has 44 heavy (non-hydrogen) atoms. The van der Waals surface area contributed by atoms with Crippen LogP contribution in [0.5, 0.6) is 0 Å². The fourth-order valence-corrected chi connectivity index (χ4v) is 5.54. The number of amides is 4. The van der Waals surface area contributed by atoms with Crippen LogP contribution in [0, 0.1) is 5.82 Å². The fourth-order valence-electron chi connectivity index (χ4n) is 4.48. The lowest BCUT2D eigenvalue weighted by molar-refractivity contribution is -0.121. The van der Waals surface area contributed by atoms with Gasteiger partial charge in [-0.1, -0.05) is 36.4 Å². The molecule has 4 aromatic rings. The van der Waals surface area contributed by atoms with E-state index >= 15 is 0 Å². The average Bonchev–Trinajstić information content (AvgIpc) is 3.30. The Hall–Kier alpha value is -5.35. The molecule has 4 amide bonds. The van der Waals surface area contributed by atoms with E-state index < -0.39 is 22.9 Å². The molecule has 5 rings (SSSR count). The van der Waals surface area contributed by atoms with Crippen molar-refractivity contribution in [2.75, 3.05) is 10.2 Å². The number of nitrogens with zero attached hydrogens (tertiary/aromatic N) is 1. The number of Topliss-reactive ketones (excluding diaryl/α,β-unsaturated/α-hetero) is 1. The van der Waals surface area contributed by atoms with Crippen molar-refractivity contribution in [3.63, 3.8) is 0 Å². The summed E-state index contributed by atoms with van der Waals surface area (Å²) in [5.74, 6) is -2.56. The molecule has 1 unspecified atom stereocenters. The summed E-state index contributed by atoms with van der Waals surface area (Å²) in [6.07, 6.45) is 1.28. The summed E-state index contributed by atoms with van der Waals surface area (Å²) in [6.45, 7) is 1.44. The summed E-state index contributed by atoms with van der Waals surface area (Å²) in [6, 6.07) is 27.2. The number of carbonyl (C=O) groups is 5. The van der Waals surface area contributed by atoms with Gasteiger partial charge in [0.05, 0.1) is 10.9 Å². The van der Waals surface area contributed by atoms with Gasteiger partial charge in [0, 0.05) is 33.7 Å². The highest BCUT2D eigenvalue weighted by molar-refractivity contribution is 8.00. The standard InChI is InChI=1S/C34H26FN3O5S/c1-21(39)22-11-15-26(16-12-22)38-31(40)20-30(34(38)43)44-27-17-13-25(14-18-27)36-33(42)29(19-24-9-5-6-10-28(24)35)37-32(41)23-7-3-2-4-8-23/h2-19,30H,20H2,1H3,(H,36,42)(H,37,41)/b29-19-. The monoisotopic (exact) mass is 607 g/mol. The predicted octanol–water partition coefficient (Wildman–Crippen LogP) is 5.86. The van der Waals surface area contributed by atoms with Crippen LogP contribution in [0.15, 0.2) is 114 Å². The van der Waals surface area contributed by atoms with Crippen molar-refractivity contribution in [2.24, 2.45) is 0 Å². The van der Waals surface area contributed by atoms with Crippen molar-refractivity contribution < 1.29 is 28.4 Å². The molecular weight excluding hydrogens is 581 g/mol. The van der Waals surface area contributed by atoms with E-state index in [4.69, 9.17) is 0 Å². The molecule has 1 fully saturated rings. The van der Waals surface area contributed by atoms with Crippen molar-refractivity contribution in [3.8, 4) is 0 Å². The highest BCUT2D eigenvalue weighted by Crippen LogP contribution is 2.34. The molecule has 0 aliphatic carbocycles. The summed E-state index contributed by atoms with van der Waals surface area (Å²) in [5, 5.41) is 4.64. The van der Waals surface area contributed by atoms with E-state index in [9.17, 15) is 28.4 Å². The zero-order valence-corrected chi connectivity index (χ0v) is 24.3. The second-order valence-electron chi connectivity index (χ2n) is 9.86. The van der Waals surface area contributed by atoms with Crippen LogP contribution in [0.4, 0.5) is 15.8 Å². The Bertz CT molecular complexity index is 1770. The third kappa shape index (κ3) is 6.99. The number of hydrogen-bond donors (Lipinski definition) is 2. The van der Waals surface area contributed by atoms with Gasteiger partial charge in [-0.05, 0) is 79.7 Å². The van der Waals surface area contributed by atoms with Crippen molar-refractivity contribution >= 4 is 58.6 Å². The normalized spacial score (nSPS) is 14.8. The predicted molar refractivity (Wildman–Crippen MR) is 167 cm³/mol. The summed E-state index contributed by atoms with van der Waals surface area (Å²) in [5.41, 5.74) is 1.58. The molecule has 1 heterocycles. The first kappa shape index (κ1) is 30.1. The number of carbonyl (C=O) groups excluding carboxylic acids is 5. The fraction of sp³-hybridized carbons (Fsp3) is 0.0882. The number of halogens is 1. The topological polar surface area (TPSA) is 113 Å². The molecule has 1 aliphatic heterocycles. The number of ketones is 1. The second kappa shape index (κ2) is 13.3. The van der Waals surface area contributed by atoms with E-state index in [1.807, 2.05) is 0 Å². The SMILES string of the molecule is CC(=O)c1ccc(N2C(=O)CC(Sc3ccc(NC(=O)/C(=C/c4ccccc4F)NC(=O)c4ccccc4)cc3)C2=O)cc1. The van der Waals surface area contributed by atoms with Gasteiger partial charge in [0.25, 0.3) is 11.8 Å². The van der Waals surface area contributed by atoms with Crippen molar-refractivity contribution in [1.29, 1.82) is 0 Å². The minimum absolute atomic E-state index is 0.0156. The van der Waals surface area contributed by atoms with Gasteiger partial charge in [0.15, 0.2) is 5.78 Å². The van der Waals surface area contributed by atoms with Crippen LogP contribution in [-0.4, -0.2) is 34.7 Å². The smallest absolute Gasteiger partial charge is 0.272 e. The molecule has 8 nitrogen and oxygen atoms in total. The lowest BCUT2D eigenvalue weighted by Gasteiger charge is -2.15. The van der Waals surface area contributed by atoms with Gasteiger partial charge in [-0.15, -0.1) is 11.8 Å². The Balaban J connectivity index is 1.27. The minimum Gasteiger partial charge on any atom is -0.321 e. The molecule has 4 aromatic carbocycles. The molecule has 2 N–H and O–H groups in total. The number of thioether (sulfide) groups is 1. The minimum atomic E-state index is -0.666. The molecule has 1 saturated heterocycles. The van der Waals surface area contributed by atoms with E-state index in [0.717, 1.165) is 4.90 Å². The Morgan fingerprint density at radius 1 is 0.841 bits per heavy atom. The zero-order chi connectivity index (χ0) is 31.2. The molecule has 1 aliphatic rings. The van der Waals surface area contributed by atoms with Crippen LogP contribution in [0.25, 0.3) is 6.08 Å². The summed E-state index contributed by atoms with van der Waals surface area (Å²) >= 11 is 1.22. The molecule has 220 valence electrons. The van der Waals surface area contributed by atoms with E-state index in [1.54, 1.807) is 84.9 Å². The van der Waals surface area contributed by atoms with Crippen molar-refractivity contribution in [3.05, 3.63) is 131 Å². The lowest BCUT2D eigenvalue weighted by Crippen LogP contribution is -2.31. The van der Waals surface area contributed by atoms with Gasteiger partial charge < -0.3 is 10.6 Å². The Labute approximate surface area is 257 Å². The first-order valence-electron chi connectivity index (χ1n) is 13.6. The molecule has 0 radical (unpaired) electrons. The largest absolute Gasteiger partial charge is 0.321 e. The maximum atomic E-state index is 14.4. The Kier molecular flexibility index (Phi) is 9.11. The van der Waals surface area contributed by atoms with Gasteiger partial charge >= 0.3 is 0 Å². The first-order chi connectivity index (χ1) is 21.2. The Morgan fingerprint density at radius 2 is 1.50 bits per heavy atom. The molecule has 0 bridgehead atoms. The molecular formula is C34H26FN3O5S. The molecule has 10 heteroatoms. The quantitative estimate of drug-likeness (QED) is 0.140. The third-order valence-electron chi connectivity index (χ3n) is 6.76. The van der Waals surface area contributed by atoms with Crippen LogP contribution < -0.4 is 15.5 Å². The van der Waals surface area contributed by atoms with Gasteiger partial charge in [-0.2, -0.15) is 0 Å². The third-order valence-corrected chi connectivity index (χ3v) is 7.96. The highest BCUT2D eigenvalue weighted by Gasteiger charge is 2.40. The average molecular weight is 608 g/mol. The summed E-state index contributed by atoms with van der Waals surface area (Å²) in [7, 11) is 0. The number of nitrogens with one attached hydrogen (secondary N) is 2. The van der Waals surface area contributed by atoms with Crippen LogP contribution >= 0.6 is 11.8 Å². The second-order valence-corrected chi connectivity index (χ2v) is 11.1. The number of rotatable bonds is 9. The van der Waals surface area contributed by atoms with Crippen LogP contribution in [-0.2, 0) is 14.4 Å². The first-order valence-corrected chi connectivity index (χ1v) is 14.5. The van der Waals surface area contributed by atoms with Crippen LogP contribution in [0.3, 0.4) is 0 Å². The van der Waals surface area contributed by atoms with Crippen molar-refractivity contribution in [2.45, 2.75) is 23.5 Å². The number of benzene rings is 4. The molecule has 0 spiro atoms. The highest BCUT2D eigenvalue weighted by atomic mass is 32.2. The summed E-state index contributed by atoms with van der Waals surface area (Å²) in [4.78, 5) is 65.2. The molecule has 0 aromatic heterocycles. The van der Waals surface area contributed by atoms with Gasteiger partial charge in [0.1, 0.15) is 11.5 Å². The number of hydrogen-bond acceptors (Lipinski definition) is 6. The van der Waals surface area contributed by atoms with Gasteiger partial charge in [-0.3, -0.25) is 24.0 Å². The van der Waals surface area contributed by atoms with E-state index in [1.165, 1.54) is 43.0 Å². The van der Waals surface area contributed by atoms with Gasteiger partial charge in [0.2, 0.25) is 11.8 Å².